The molecular formula is C14H23ClN2O. The van der Waals surface area contributed by atoms with Crippen molar-refractivity contribution in [1.82, 2.24) is 5.32 Å². The Morgan fingerprint density at radius 1 is 1.33 bits per heavy atom. The molecule has 4 heteroatoms. The van der Waals surface area contributed by atoms with Crippen molar-refractivity contribution in [3.8, 4) is 0 Å². The molecule has 1 unspecified atom stereocenters. The van der Waals surface area contributed by atoms with Gasteiger partial charge in [-0.05, 0) is 25.3 Å². The van der Waals surface area contributed by atoms with E-state index in [2.05, 4.69) is 12.2 Å². The molecule has 0 aromatic heterocycles. The average molecular weight is 271 g/mol. The maximum Gasteiger partial charge on any atom is 0.221 e. The zero-order valence-corrected chi connectivity index (χ0v) is 12.1. The Bertz CT molecular complexity index is 365. The van der Waals surface area contributed by atoms with Crippen LogP contribution >= 0.6 is 12.4 Å². The second kappa shape index (κ2) is 7.39. The summed E-state index contributed by atoms with van der Waals surface area (Å²) in [5.41, 5.74) is 6.44. The number of hydrogen-bond donors (Lipinski definition) is 2. The predicted octanol–water partition coefficient (Wildman–Crippen LogP) is 2.46. The maximum atomic E-state index is 11.8. The van der Waals surface area contributed by atoms with Crippen molar-refractivity contribution in [3.63, 3.8) is 0 Å². The van der Waals surface area contributed by atoms with E-state index in [-0.39, 0.29) is 29.8 Å². The van der Waals surface area contributed by atoms with Gasteiger partial charge in [0.2, 0.25) is 5.91 Å². The minimum absolute atomic E-state index is 0. The Hall–Kier alpha value is -1.06. The smallest absolute Gasteiger partial charge is 0.221 e. The minimum Gasteiger partial charge on any atom is -0.350 e. The zero-order valence-electron chi connectivity index (χ0n) is 11.3. The number of benzene rings is 1. The third-order valence-electron chi connectivity index (χ3n) is 2.85. The van der Waals surface area contributed by atoms with Gasteiger partial charge < -0.3 is 11.1 Å². The minimum atomic E-state index is -0.326. The van der Waals surface area contributed by atoms with Crippen LogP contribution in [0.2, 0.25) is 0 Å². The lowest BCUT2D eigenvalue weighted by Gasteiger charge is -2.25. The summed E-state index contributed by atoms with van der Waals surface area (Å²) in [7, 11) is 0. The maximum absolute atomic E-state index is 11.8. The van der Waals surface area contributed by atoms with Gasteiger partial charge in [-0.3, -0.25) is 4.79 Å². The van der Waals surface area contributed by atoms with E-state index in [4.69, 9.17) is 5.73 Å². The van der Waals surface area contributed by atoms with Crippen LogP contribution in [0, 0.1) is 0 Å². The van der Waals surface area contributed by atoms with Crippen molar-refractivity contribution < 1.29 is 4.79 Å². The van der Waals surface area contributed by atoms with E-state index in [1.165, 1.54) is 5.56 Å². The number of halogens is 1. The number of rotatable bonds is 5. The predicted molar refractivity (Wildman–Crippen MR) is 78.0 cm³/mol. The fraction of sp³-hybridized carbons (Fsp3) is 0.500. The van der Waals surface area contributed by atoms with Gasteiger partial charge in [-0.1, -0.05) is 37.3 Å². The molecule has 0 saturated carbocycles. The summed E-state index contributed by atoms with van der Waals surface area (Å²) in [5, 5.41) is 2.94. The van der Waals surface area contributed by atoms with Crippen molar-refractivity contribution in [2.24, 2.45) is 5.73 Å². The monoisotopic (exact) mass is 270 g/mol. The van der Waals surface area contributed by atoms with Crippen LogP contribution in [0.3, 0.4) is 0 Å². The van der Waals surface area contributed by atoms with Crippen LogP contribution in [0.4, 0.5) is 0 Å². The number of carbonyl (C=O) groups excluding carboxylic acids is 1. The summed E-state index contributed by atoms with van der Waals surface area (Å²) in [4.78, 5) is 11.8. The molecule has 1 rings (SSSR count). The molecule has 1 aromatic rings. The number of hydrogen-bond acceptors (Lipinski definition) is 2. The van der Waals surface area contributed by atoms with Crippen LogP contribution in [-0.2, 0) is 4.79 Å². The molecule has 0 radical (unpaired) electrons. The van der Waals surface area contributed by atoms with E-state index in [9.17, 15) is 4.79 Å². The fourth-order valence-electron chi connectivity index (χ4n) is 1.66. The van der Waals surface area contributed by atoms with E-state index >= 15 is 0 Å². The molecule has 1 amide bonds. The Labute approximate surface area is 116 Å². The molecule has 0 saturated heterocycles. The molecule has 1 atom stereocenters. The lowest BCUT2D eigenvalue weighted by molar-refractivity contribution is -0.122. The van der Waals surface area contributed by atoms with Gasteiger partial charge in [-0.15, -0.1) is 12.4 Å². The van der Waals surface area contributed by atoms with Gasteiger partial charge in [0.25, 0.3) is 0 Å². The SMILES string of the molecule is CC(CC(=O)NC(C)(C)CN)c1ccccc1.Cl. The first kappa shape index (κ1) is 16.9. The van der Waals surface area contributed by atoms with Crippen LogP contribution in [0.15, 0.2) is 30.3 Å². The molecule has 0 bridgehead atoms. The molecule has 0 heterocycles. The Kier molecular flexibility index (Phi) is 6.96. The topological polar surface area (TPSA) is 55.1 Å². The van der Waals surface area contributed by atoms with E-state index in [0.29, 0.717) is 13.0 Å². The summed E-state index contributed by atoms with van der Waals surface area (Å²) >= 11 is 0. The summed E-state index contributed by atoms with van der Waals surface area (Å²) in [5.74, 6) is 0.279. The molecule has 3 nitrogen and oxygen atoms in total. The van der Waals surface area contributed by atoms with Gasteiger partial charge in [-0.25, -0.2) is 0 Å². The zero-order chi connectivity index (χ0) is 12.9. The van der Waals surface area contributed by atoms with Crippen molar-refractivity contribution in [2.75, 3.05) is 6.54 Å². The largest absolute Gasteiger partial charge is 0.350 e. The van der Waals surface area contributed by atoms with Crippen molar-refractivity contribution in [1.29, 1.82) is 0 Å². The van der Waals surface area contributed by atoms with Gasteiger partial charge in [0.15, 0.2) is 0 Å². The van der Waals surface area contributed by atoms with E-state index in [0.717, 1.165) is 0 Å². The molecular weight excluding hydrogens is 248 g/mol. The molecule has 102 valence electrons. The third kappa shape index (κ3) is 5.52. The summed E-state index contributed by atoms with van der Waals surface area (Å²) in [6.07, 6.45) is 0.493. The molecule has 3 N–H and O–H groups in total. The summed E-state index contributed by atoms with van der Waals surface area (Å²) in [6, 6.07) is 10.1. The van der Waals surface area contributed by atoms with Crippen LogP contribution in [0.25, 0.3) is 0 Å². The quantitative estimate of drug-likeness (QED) is 0.864. The number of nitrogens with one attached hydrogen (secondary N) is 1. The Balaban J connectivity index is 0.00000289. The number of carbonyl (C=O) groups is 1. The molecule has 0 aliphatic heterocycles. The van der Waals surface area contributed by atoms with Crippen LogP contribution in [0.5, 0.6) is 0 Å². The summed E-state index contributed by atoms with van der Waals surface area (Å²) < 4.78 is 0. The molecule has 0 spiro atoms. The third-order valence-corrected chi connectivity index (χ3v) is 2.85. The summed E-state index contributed by atoms with van der Waals surface area (Å²) in [6.45, 7) is 6.36. The highest BCUT2D eigenvalue weighted by molar-refractivity contribution is 5.85. The Morgan fingerprint density at radius 2 is 1.89 bits per heavy atom. The number of nitrogens with two attached hydrogens (primary N) is 1. The van der Waals surface area contributed by atoms with Gasteiger partial charge in [-0.2, -0.15) is 0 Å². The van der Waals surface area contributed by atoms with E-state index < -0.39 is 0 Å². The lowest BCUT2D eigenvalue weighted by Crippen LogP contribution is -2.49. The lowest BCUT2D eigenvalue weighted by atomic mass is 9.96. The number of amides is 1. The van der Waals surface area contributed by atoms with Crippen molar-refractivity contribution >= 4 is 18.3 Å². The molecule has 18 heavy (non-hydrogen) atoms. The van der Waals surface area contributed by atoms with Gasteiger partial charge in [0.05, 0.1) is 0 Å². The molecule has 0 aliphatic carbocycles. The van der Waals surface area contributed by atoms with Crippen molar-refractivity contribution in [3.05, 3.63) is 35.9 Å². The van der Waals surface area contributed by atoms with Crippen LogP contribution in [0.1, 0.15) is 38.7 Å². The molecule has 1 aromatic carbocycles. The van der Waals surface area contributed by atoms with Crippen LogP contribution in [-0.4, -0.2) is 18.0 Å². The van der Waals surface area contributed by atoms with Gasteiger partial charge >= 0.3 is 0 Å². The van der Waals surface area contributed by atoms with E-state index in [1.807, 2.05) is 44.2 Å². The first-order valence-electron chi connectivity index (χ1n) is 6.00. The van der Waals surface area contributed by atoms with Gasteiger partial charge in [0, 0.05) is 18.5 Å². The highest BCUT2D eigenvalue weighted by atomic mass is 35.5. The average Bonchev–Trinajstić information content (AvgIpc) is 2.29. The first-order valence-corrected chi connectivity index (χ1v) is 6.00. The van der Waals surface area contributed by atoms with Gasteiger partial charge in [0.1, 0.15) is 0 Å². The second-order valence-electron chi connectivity index (χ2n) is 5.15. The van der Waals surface area contributed by atoms with Crippen LogP contribution < -0.4 is 11.1 Å². The van der Waals surface area contributed by atoms with E-state index in [1.54, 1.807) is 0 Å². The van der Waals surface area contributed by atoms with Crippen molar-refractivity contribution in [2.45, 2.75) is 38.6 Å². The standard InChI is InChI=1S/C14H22N2O.ClH/c1-11(12-7-5-4-6-8-12)9-13(17)16-14(2,3)10-15;/h4-8,11H,9-10,15H2,1-3H3,(H,16,17);1H. The normalized spacial score (nSPS) is 12.4. The highest BCUT2D eigenvalue weighted by Gasteiger charge is 2.19. The molecule has 0 fully saturated rings. The first-order chi connectivity index (χ1) is 7.94. The second-order valence-corrected chi connectivity index (χ2v) is 5.15. The fourth-order valence-corrected chi connectivity index (χ4v) is 1.66. The molecule has 0 aliphatic rings. The Morgan fingerprint density at radius 3 is 2.39 bits per heavy atom. The highest BCUT2D eigenvalue weighted by Crippen LogP contribution is 2.18.